The second-order valence-corrected chi connectivity index (χ2v) is 4.88. The molecule has 1 N–H and O–H groups in total. The molecule has 6 nitrogen and oxygen atoms in total. The van der Waals surface area contributed by atoms with Gasteiger partial charge in [0.2, 0.25) is 0 Å². The van der Waals surface area contributed by atoms with Gasteiger partial charge in [-0.2, -0.15) is 12.8 Å². The Labute approximate surface area is 111 Å². The summed E-state index contributed by atoms with van der Waals surface area (Å²) >= 11 is 0. The van der Waals surface area contributed by atoms with E-state index in [-0.39, 0.29) is 0 Å². The zero-order chi connectivity index (χ0) is 13.8. The second-order valence-electron chi connectivity index (χ2n) is 4.24. The van der Waals surface area contributed by atoms with E-state index in [0.29, 0.717) is 12.2 Å². The van der Waals surface area contributed by atoms with Crippen molar-refractivity contribution >= 4 is 16.5 Å². The van der Waals surface area contributed by atoms with Gasteiger partial charge < -0.3 is 9.84 Å². The van der Waals surface area contributed by atoms with E-state index in [0.717, 1.165) is 24.0 Å². The number of hydrogen-bond donors (Lipinski definition) is 1. The lowest BCUT2D eigenvalue weighted by Crippen LogP contribution is -2.14. The highest BCUT2D eigenvalue weighted by atomic mass is 32.2. The summed E-state index contributed by atoms with van der Waals surface area (Å²) in [5, 5.41) is 8.62. The molecule has 0 aromatic heterocycles. The van der Waals surface area contributed by atoms with Gasteiger partial charge in [0.05, 0.1) is 6.04 Å². The van der Waals surface area contributed by atoms with Gasteiger partial charge in [0.15, 0.2) is 6.61 Å². The van der Waals surface area contributed by atoms with Crippen LogP contribution in [0.1, 0.15) is 30.0 Å². The number of benzene rings is 1. The van der Waals surface area contributed by atoms with Crippen molar-refractivity contribution in [2.24, 2.45) is 4.36 Å². The number of rotatable bonds is 4. The quantitative estimate of drug-likeness (QED) is 0.905. The van der Waals surface area contributed by atoms with E-state index in [1.165, 1.54) is 0 Å². The predicted molar refractivity (Wildman–Crippen MR) is 66.6 cm³/mol. The Morgan fingerprint density at radius 1 is 1.47 bits per heavy atom. The van der Waals surface area contributed by atoms with Crippen LogP contribution in [0.3, 0.4) is 0 Å². The van der Waals surface area contributed by atoms with Crippen LogP contribution in [0.4, 0.5) is 0 Å². The van der Waals surface area contributed by atoms with Crippen molar-refractivity contribution < 1.29 is 23.1 Å². The van der Waals surface area contributed by atoms with Gasteiger partial charge in [-0.15, -0.1) is 0 Å². The van der Waals surface area contributed by atoms with Crippen LogP contribution in [0.25, 0.3) is 0 Å². The third kappa shape index (κ3) is 3.31. The molecule has 0 heterocycles. The summed E-state index contributed by atoms with van der Waals surface area (Å²) in [6.45, 7) is -0.411. The molecule has 1 aliphatic carbocycles. The third-order valence-electron chi connectivity index (χ3n) is 3.00. The molecule has 102 valence electrons. The molecule has 0 spiro atoms. The molecule has 1 atom stereocenters. The zero-order valence-electron chi connectivity index (χ0n) is 10.1. The van der Waals surface area contributed by atoms with Gasteiger partial charge >= 0.3 is 16.5 Å². The monoisotopic (exact) mass is 283 g/mol. The van der Waals surface area contributed by atoms with Crippen LogP contribution in [0.2, 0.25) is 0 Å². The number of hydrogen-bond acceptors (Lipinski definition) is 5. The van der Waals surface area contributed by atoms with Crippen LogP contribution < -0.4 is 4.74 Å². The molecule has 1 aromatic carbocycles. The Kier molecular flexibility index (Phi) is 4.16. The molecule has 0 radical (unpaired) electrons. The average Bonchev–Trinajstić information content (AvgIpc) is 2.36. The normalized spacial score (nSPS) is 17.4. The van der Waals surface area contributed by atoms with E-state index in [9.17, 15) is 13.2 Å². The number of carbonyl (C=O) groups is 1. The van der Waals surface area contributed by atoms with Crippen LogP contribution >= 0.6 is 0 Å². The Bertz CT molecular complexity index is 615. The van der Waals surface area contributed by atoms with Crippen molar-refractivity contribution in [2.45, 2.75) is 25.3 Å². The van der Waals surface area contributed by atoms with Crippen molar-refractivity contribution in [3.63, 3.8) is 0 Å². The van der Waals surface area contributed by atoms with Crippen LogP contribution in [0, 0.1) is 0 Å². The molecule has 1 aliphatic rings. The smallest absolute Gasteiger partial charge is 0.341 e. The minimum Gasteiger partial charge on any atom is -0.482 e. The number of ether oxygens (including phenoxy) is 1. The molecular formula is C12H13NO5S. The van der Waals surface area contributed by atoms with E-state index < -0.39 is 29.1 Å². The summed E-state index contributed by atoms with van der Waals surface area (Å²) < 4.78 is 30.3. The number of carboxylic acids is 1. The van der Waals surface area contributed by atoms with E-state index in [2.05, 4.69) is 4.36 Å². The van der Waals surface area contributed by atoms with Crippen molar-refractivity contribution in [2.75, 3.05) is 6.61 Å². The average molecular weight is 283 g/mol. The zero-order valence-corrected chi connectivity index (χ0v) is 10.9. The second kappa shape index (κ2) is 5.83. The maximum atomic E-state index is 10.7. The van der Waals surface area contributed by atoms with E-state index >= 15 is 0 Å². The first-order valence-electron chi connectivity index (χ1n) is 5.84. The molecule has 2 rings (SSSR count). The fraction of sp³-hybridized carbons (Fsp3) is 0.417. The van der Waals surface area contributed by atoms with Gasteiger partial charge in [-0.25, -0.2) is 4.79 Å². The van der Waals surface area contributed by atoms with Gasteiger partial charge in [-0.05, 0) is 36.5 Å². The standard InChI is InChI=1S/C12H13NO5S/c14-12(15)7-18-11-6-2-3-8-9(11)4-1-5-10(8)13-19(16)17/h2-3,6,10H,1,4-5,7H2,(H,14,15). The molecule has 0 bridgehead atoms. The molecule has 7 heteroatoms. The predicted octanol–water partition coefficient (Wildman–Crippen LogP) is 1.59. The molecule has 0 saturated carbocycles. The molecule has 1 aromatic rings. The number of aliphatic carboxylic acids is 1. The molecule has 0 amide bonds. The minimum absolute atomic E-state index is 0.393. The molecule has 19 heavy (non-hydrogen) atoms. The Hall–Kier alpha value is -1.89. The summed E-state index contributed by atoms with van der Waals surface area (Å²) in [7, 11) is -2.45. The van der Waals surface area contributed by atoms with Crippen molar-refractivity contribution in [3.05, 3.63) is 29.3 Å². The maximum Gasteiger partial charge on any atom is 0.341 e. The van der Waals surface area contributed by atoms with Crippen LogP contribution in [-0.2, 0) is 21.7 Å². The summed E-state index contributed by atoms with van der Waals surface area (Å²) in [5.74, 6) is -0.549. The van der Waals surface area contributed by atoms with Crippen LogP contribution in [0.15, 0.2) is 22.6 Å². The fourth-order valence-corrected chi connectivity index (χ4v) is 2.70. The van der Waals surface area contributed by atoms with Crippen LogP contribution in [-0.4, -0.2) is 26.1 Å². The summed E-state index contributed by atoms with van der Waals surface area (Å²) in [5.41, 5.74) is 1.66. The maximum absolute atomic E-state index is 10.7. The van der Waals surface area contributed by atoms with E-state index in [1.54, 1.807) is 12.1 Å². The number of fused-ring (bicyclic) bond motifs is 1. The van der Waals surface area contributed by atoms with Crippen molar-refractivity contribution in [1.82, 2.24) is 0 Å². The summed E-state index contributed by atoms with van der Waals surface area (Å²) in [6.07, 6.45) is 2.21. The molecule has 0 aliphatic heterocycles. The SMILES string of the molecule is O=C(O)COc1cccc2c1CCCC2N=S(=O)=O. The van der Waals surface area contributed by atoms with Gasteiger partial charge in [-0.3, -0.25) is 0 Å². The van der Waals surface area contributed by atoms with Crippen molar-refractivity contribution in [3.8, 4) is 5.75 Å². The van der Waals surface area contributed by atoms with Crippen molar-refractivity contribution in [1.29, 1.82) is 0 Å². The van der Waals surface area contributed by atoms with Gasteiger partial charge in [-0.1, -0.05) is 12.1 Å². The lowest BCUT2D eigenvalue weighted by Gasteiger charge is -2.23. The first-order chi connectivity index (χ1) is 9.08. The van der Waals surface area contributed by atoms with Crippen LogP contribution in [0.5, 0.6) is 5.75 Å². The summed E-state index contributed by atoms with van der Waals surface area (Å²) in [4.78, 5) is 10.5. The first-order valence-corrected chi connectivity index (χ1v) is 6.87. The highest BCUT2D eigenvalue weighted by Crippen LogP contribution is 2.37. The first kappa shape index (κ1) is 13.5. The fourth-order valence-electron chi connectivity index (χ4n) is 2.28. The summed E-state index contributed by atoms with van der Waals surface area (Å²) in [6, 6.07) is 4.83. The third-order valence-corrected chi connectivity index (χ3v) is 3.42. The number of nitrogens with zero attached hydrogens (tertiary/aromatic N) is 1. The number of carboxylic acid groups (broad SMARTS) is 1. The lowest BCUT2D eigenvalue weighted by atomic mass is 9.87. The minimum atomic E-state index is -2.45. The van der Waals surface area contributed by atoms with E-state index in [4.69, 9.17) is 9.84 Å². The Balaban J connectivity index is 2.35. The Morgan fingerprint density at radius 2 is 2.26 bits per heavy atom. The van der Waals surface area contributed by atoms with E-state index in [1.807, 2.05) is 6.07 Å². The molecule has 0 saturated heterocycles. The van der Waals surface area contributed by atoms with Gasteiger partial charge in [0.25, 0.3) is 0 Å². The topological polar surface area (TPSA) is 93.0 Å². The Morgan fingerprint density at radius 3 is 2.95 bits per heavy atom. The molecule has 0 fully saturated rings. The van der Waals surface area contributed by atoms with Gasteiger partial charge in [0.1, 0.15) is 5.75 Å². The highest BCUT2D eigenvalue weighted by Gasteiger charge is 2.23. The molecular weight excluding hydrogens is 270 g/mol. The lowest BCUT2D eigenvalue weighted by molar-refractivity contribution is -0.139. The molecule has 1 unspecified atom stereocenters. The highest BCUT2D eigenvalue weighted by molar-refractivity contribution is 7.61. The van der Waals surface area contributed by atoms with Gasteiger partial charge in [0, 0.05) is 0 Å². The largest absolute Gasteiger partial charge is 0.482 e.